The molecule has 132 valence electrons. The number of likely N-dealkylation sites (N-methyl/N-ethyl adjacent to an activating group) is 1. The highest BCUT2D eigenvalue weighted by Crippen LogP contribution is 2.19. The van der Waals surface area contributed by atoms with Crippen molar-refractivity contribution in [2.45, 2.75) is 44.9 Å². The fraction of sp³-hybridized carbons (Fsp3) is 0.471. The summed E-state index contributed by atoms with van der Waals surface area (Å²) < 4.78 is 5.36. The Hall–Kier alpha value is -2.41. The second kappa shape index (κ2) is 8.44. The first-order valence-corrected chi connectivity index (χ1v) is 7.61. The van der Waals surface area contributed by atoms with Crippen molar-refractivity contribution in [3.63, 3.8) is 0 Å². The minimum absolute atomic E-state index is 0.391. The summed E-state index contributed by atoms with van der Waals surface area (Å²) in [6, 6.07) is 6.70. The molecule has 0 fully saturated rings. The smallest absolute Gasteiger partial charge is 0.333 e. The molecular weight excluding hydrogens is 312 g/mol. The van der Waals surface area contributed by atoms with Crippen molar-refractivity contribution in [1.29, 1.82) is 0 Å². The second-order valence-electron chi connectivity index (χ2n) is 6.32. The van der Waals surface area contributed by atoms with Crippen LogP contribution in [0.4, 0.5) is 0 Å². The summed E-state index contributed by atoms with van der Waals surface area (Å²) in [5.74, 6) is -2.30. The third-order valence-corrected chi connectivity index (χ3v) is 3.11. The Bertz CT molecular complexity index is 580. The van der Waals surface area contributed by atoms with E-state index in [1.165, 1.54) is 7.05 Å². The van der Waals surface area contributed by atoms with Crippen LogP contribution in [0.1, 0.15) is 38.8 Å². The van der Waals surface area contributed by atoms with Crippen LogP contribution in [0.15, 0.2) is 30.3 Å². The van der Waals surface area contributed by atoms with Crippen molar-refractivity contribution in [1.82, 2.24) is 10.6 Å². The van der Waals surface area contributed by atoms with Gasteiger partial charge in [0.1, 0.15) is 5.60 Å². The molecule has 0 aliphatic heterocycles. The maximum absolute atomic E-state index is 12.5. The van der Waals surface area contributed by atoms with Crippen molar-refractivity contribution < 1.29 is 24.2 Å². The number of carbonyl (C=O) groups is 3. The van der Waals surface area contributed by atoms with Gasteiger partial charge in [0.15, 0.2) is 6.04 Å². The molecule has 0 aliphatic rings. The summed E-state index contributed by atoms with van der Waals surface area (Å²) in [7, 11) is 1.48. The van der Waals surface area contributed by atoms with E-state index in [0.29, 0.717) is 5.56 Å². The lowest BCUT2D eigenvalue weighted by molar-refractivity contribution is -0.159. The van der Waals surface area contributed by atoms with E-state index in [4.69, 9.17) is 9.84 Å². The number of hydrogen-bond acceptors (Lipinski definition) is 5. The summed E-state index contributed by atoms with van der Waals surface area (Å²) in [5, 5.41) is 14.1. The maximum atomic E-state index is 12.5. The fourth-order valence-electron chi connectivity index (χ4n) is 2.03. The number of esters is 1. The molecular formula is C17H24N2O5. The Balaban J connectivity index is 2.99. The zero-order valence-corrected chi connectivity index (χ0v) is 14.3. The normalized spacial score (nSPS) is 13.7. The minimum Gasteiger partial charge on any atom is -0.481 e. The first kappa shape index (κ1) is 19.6. The molecule has 0 radical (unpaired) electrons. The molecule has 0 saturated carbocycles. The quantitative estimate of drug-likeness (QED) is 0.647. The van der Waals surface area contributed by atoms with Crippen LogP contribution in [0.25, 0.3) is 0 Å². The summed E-state index contributed by atoms with van der Waals surface area (Å²) in [4.78, 5) is 35.6. The highest BCUT2D eigenvalue weighted by molar-refractivity contribution is 5.90. The number of ether oxygens (including phenoxy) is 1. The lowest BCUT2D eigenvalue weighted by atomic mass is 10.1. The maximum Gasteiger partial charge on any atom is 0.333 e. The molecule has 1 amide bonds. The van der Waals surface area contributed by atoms with Gasteiger partial charge in [0.25, 0.3) is 0 Å². The SMILES string of the molecule is CN[C@@H](CC(=O)O)C(=O)N[C@H](C(=O)OC(C)(C)C)c1ccccc1. The Kier molecular flexibility index (Phi) is 6.91. The number of carbonyl (C=O) groups excluding carboxylic acids is 2. The van der Waals surface area contributed by atoms with Gasteiger partial charge in [-0.3, -0.25) is 9.59 Å². The zero-order valence-electron chi connectivity index (χ0n) is 14.3. The predicted molar refractivity (Wildman–Crippen MR) is 88.3 cm³/mol. The molecule has 7 nitrogen and oxygen atoms in total. The molecule has 0 bridgehead atoms. The van der Waals surface area contributed by atoms with Gasteiger partial charge in [-0.1, -0.05) is 30.3 Å². The summed E-state index contributed by atoms with van der Waals surface area (Å²) in [6.07, 6.45) is -0.391. The average molecular weight is 336 g/mol. The van der Waals surface area contributed by atoms with Crippen LogP contribution >= 0.6 is 0 Å². The highest BCUT2D eigenvalue weighted by atomic mass is 16.6. The molecule has 0 unspecified atom stereocenters. The molecule has 0 saturated heterocycles. The van der Waals surface area contributed by atoms with Crippen molar-refractivity contribution in [3.05, 3.63) is 35.9 Å². The largest absolute Gasteiger partial charge is 0.481 e. The van der Waals surface area contributed by atoms with Gasteiger partial charge in [-0.25, -0.2) is 4.79 Å². The third-order valence-electron chi connectivity index (χ3n) is 3.11. The van der Waals surface area contributed by atoms with Gasteiger partial charge in [-0.05, 0) is 33.4 Å². The average Bonchev–Trinajstić information content (AvgIpc) is 2.48. The molecule has 2 atom stereocenters. The molecule has 1 rings (SSSR count). The van der Waals surface area contributed by atoms with Crippen LogP contribution in [0.3, 0.4) is 0 Å². The molecule has 0 heterocycles. The fourth-order valence-corrected chi connectivity index (χ4v) is 2.03. The van der Waals surface area contributed by atoms with Crippen LogP contribution in [0.2, 0.25) is 0 Å². The molecule has 0 aliphatic carbocycles. The zero-order chi connectivity index (χ0) is 18.3. The number of carboxylic acids is 1. The molecule has 24 heavy (non-hydrogen) atoms. The summed E-state index contributed by atoms with van der Waals surface area (Å²) >= 11 is 0. The van der Waals surface area contributed by atoms with E-state index in [1.54, 1.807) is 51.1 Å². The number of rotatable bonds is 7. The third kappa shape index (κ3) is 6.37. The lowest BCUT2D eigenvalue weighted by Crippen LogP contribution is -2.47. The van der Waals surface area contributed by atoms with Gasteiger partial charge in [0.2, 0.25) is 5.91 Å². The Labute approximate surface area is 141 Å². The molecule has 3 N–H and O–H groups in total. The monoisotopic (exact) mass is 336 g/mol. The standard InChI is InChI=1S/C17H24N2O5/c1-17(2,3)24-16(23)14(11-8-6-5-7-9-11)19-15(22)12(18-4)10-13(20)21/h5-9,12,14,18H,10H2,1-4H3,(H,19,22)(H,20,21)/t12-,14-/m0/s1. The Morgan fingerprint density at radius 3 is 2.21 bits per heavy atom. The number of nitrogens with one attached hydrogen (secondary N) is 2. The minimum atomic E-state index is -1.11. The molecule has 1 aromatic carbocycles. The van der Waals surface area contributed by atoms with E-state index in [-0.39, 0.29) is 0 Å². The topological polar surface area (TPSA) is 105 Å². The van der Waals surface area contributed by atoms with Crippen LogP contribution in [0, 0.1) is 0 Å². The summed E-state index contributed by atoms with van der Waals surface area (Å²) in [6.45, 7) is 5.20. The predicted octanol–water partition coefficient (Wildman–Crippen LogP) is 1.25. The number of aliphatic carboxylic acids is 1. The lowest BCUT2D eigenvalue weighted by Gasteiger charge is -2.26. The Morgan fingerprint density at radius 1 is 1.17 bits per heavy atom. The highest BCUT2D eigenvalue weighted by Gasteiger charge is 2.30. The van der Waals surface area contributed by atoms with Gasteiger partial charge < -0.3 is 20.5 Å². The first-order chi connectivity index (χ1) is 11.1. The van der Waals surface area contributed by atoms with Crippen LogP contribution in [0.5, 0.6) is 0 Å². The van der Waals surface area contributed by atoms with Crippen molar-refractivity contribution >= 4 is 17.8 Å². The Morgan fingerprint density at radius 2 is 1.75 bits per heavy atom. The van der Waals surface area contributed by atoms with Crippen LogP contribution < -0.4 is 10.6 Å². The van der Waals surface area contributed by atoms with E-state index in [2.05, 4.69) is 10.6 Å². The van der Waals surface area contributed by atoms with E-state index >= 15 is 0 Å². The van der Waals surface area contributed by atoms with E-state index in [1.807, 2.05) is 0 Å². The van der Waals surface area contributed by atoms with Crippen molar-refractivity contribution in [3.8, 4) is 0 Å². The molecule has 7 heteroatoms. The van der Waals surface area contributed by atoms with Crippen molar-refractivity contribution in [2.24, 2.45) is 0 Å². The number of benzene rings is 1. The van der Waals surface area contributed by atoms with E-state index in [0.717, 1.165) is 0 Å². The summed E-state index contributed by atoms with van der Waals surface area (Å²) in [5.41, 5.74) is -0.150. The first-order valence-electron chi connectivity index (χ1n) is 7.61. The van der Waals surface area contributed by atoms with Crippen LogP contribution in [-0.2, 0) is 19.1 Å². The van der Waals surface area contributed by atoms with Gasteiger partial charge in [-0.15, -0.1) is 0 Å². The van der Waals surface area contributed by atoms with Crippen molar-refractivity contribution in [2.75, 3.05) is 7.05 Å². The number of amides is 1. The second-order valence-corrected chi connectivity index (χ2v) is 6.32. The number of carboxylic acid groups (broad SMARTS) is 1. The molecule has 1 aromatic rings. The van der Waals surface area contributed by atoms with E-state index in [9.17, 15) is 14.4 Å². The molecule has 0 spiro atoms. The van der Waals surface area contributed by atoms with Gasteiger partial charge >= 0.3 is 11.9 Å². The molecule has 0 aromatic heterocycles. The van der Waals surface area contributed by atoms with Gasteiger partial charge in [0, 0.05) is 0 Å². The number of hydrogen-bond donors (Lipinski definition) is 3. The van der Waals surface area contributed by atoms with Gasteiger partial charge in [-0.2, -0.15) is 0 Å². The van der Waals surface area contributed by atoms with Crippen LogP contribution in [-0.4, -0.2) is 41.6 Å². The van der Waals surface area contributed by atoms with E-state index < -0.39 is 42.0 Å². The van der Waals surface area contributed by atoms with Gasteiger partial charge in [0.05, 0.1) is 12.5 Å².